The first-order valence-electron chi connectivity index (χ1n) is 20.2. The van der Waals surface area contributed by atoms with Crippen molar-refractivity contribution in [1.29, 1.82) is 0 Å². The molecule has 3 saturated heterocycles. The minimum absolute atomic E-state index is 0.130. The lowest BCUT2D eigenvalue weighted by atomic mass is 9.61. The van der Waals surface area contributed by atoms with Gasteiger partial charge in [-0.1, -0.05) is 27.7 Å². The standard InChI is InChI=1S/C42H57FN8O4/c1-7-51(28(2)3)42(26-53-42)33-17-29(43)9-10-36(33)55-37-20-44-27-46-38(37)50-24-41(25-50)18-31(19-41)54-35-11-13-45-34-12-16-48(23-32(34)35)14-8-15-49-21-30(22-49)47-39(52)40(4,5)6/h9-11,13,17,20,27-28,30-31H,7-8,12,14-16,18-19,21-26H2,1-6H3,(H,47,52). The number of likely N-dealkylation sites (N-methyl/N-ethyl adjacent to an activating group) is 1. The zero-order valence-electron chi connectivity index (χ0n) is 33.3. The number of hydrogen-bond acceptors (Lipinski definition) is 11. The van der Waals surface area contributed by atoms with Crippen LogP contribution in [0.25, 0.3) is 0 Å². The highest BCUT2D eigenvalue weighted by Crippen LogP contribution is 2.53. The van der Waals surface area contributed by atoms with Crippen LogP contribution >= 0.6 is 0 Å². The summed E-state index contributed by atoms with van der Waals surface area (Å²) in [4.78, 5) is 35.4. The molecule has 1 aromatic carbocycles. The molecule has 1 saturated carbocycles. The molecule has 1 N–H and O–H groups in total. The number of nitrogens with zero attached hydrogens (tertiary/aromatic N) is 7. The van der Waals surface area contributed by atoms with Crippen LogP contribution in [0.4, 0.5) is 10.2 Å². The Morgan fingerprint density at radius 3 is 2.56 bits per heavy atom. The molecule has 1 aliphatic carbocycles. The molecule has 8 rings (SSSR count). The number of pyridine rings is 1. The van der Waals surface area contributed by atoms with Gasteiger partial charge in [0.1, 0.15) is 29.7 Å². The molecule has 1 amide bonds. The van der Waals surface area contributed by atoms with Crippen molar-refractivity contribution in [1.82, 2.24) is 35.0 Å². The van der Waals surface area contributed by atoms with E-state index in [4.69, 9.17) is 19.2 Å². The van der Waals surface area contributed by atoms with Crippen LogP contribution in [0.15, 0.2) is 43.0 Å². The Kier molecular flexibility index (Phi) is 10.3. The SMILES string of the molecule is CCN(C(C)C)C1(c2cc(F)ccc2Oc2cncnc2N2CC3(CC(Oc4ccnc5c4CN(CCCN4CC(NC(=O)C(C)(C)C)C4)CC5)C3)C2)CO1. The number of aromatic nitrogens is 3. The van der Waals surface area contributed by atoms with Crippen LogP contribution in [-0.2, 0) is 28.2 Å². The van der Waals surface area contributed by atoms with Crippen molar-refractivity contribution in [2.75, 3.05) is 63.9 Å². The van der Waals surface area contributed by atoms with Gasteiger partial charge in [-0.2, -0.15) is 0 Å². The van der Waals surface area contributed by atoms with Crippen molar-refractivity contribution < 1.29 is 23.4 Å². The lowest BCUT2D eigenvalue weighted by Gasteiger charge is -2.59. The summed E-state index contributed by atoms with van der Waals surface area (Å²) in [6.07, 6.45) is 9.33. The molecule has 1 atom stereocenters. The molecule has 3 aromatic rings. The first kappa shape index (κ1) is 38.0. The molecule has 0 bridgehead atoms. The molecule has 296 valence electrons. The number of hydrogen-bond donors (Lipinski definition) is 1. The second-order valence-electron chi connectivity index (χ2n) is 17.7. The first-order chi connectivity index (χ1) is 26.3. The summed E-state index contributed by atoms with van der Waals surface area (Å²) in [7, 11) is 0. The average molecular weight is 757 g/mol. The number of fused-ring (bicyclic) bond motifs is 1. The van der Waals surface area contributed by atoms with Crippen LogP contribution in [-0.4, -0.2) is 113 Å². The Hall–Kier alpha value is -3.91. The van der Waals surface area contributed by atoms with Gasteiger partial charge in [-0.15, -0.1) is 0 Å². The lowest BCUT2D eigenvalue weighted by Crippen LogP contribution is -2.65. The van der Waals surface area contributed by atoms with Gasteiger partial charge in [-0.05, 0) is 77.0 Å². The van der Waals surface area contributed by atoms with Crippen LogP contribution in [0.5, 0.6) is 17.2 Å². The molecular weight excluding hydrogens is 700 g/mol. The number of rotatable bonds is 14. The second kappa shape index (κ2) is 14.9. The smallest absolute Gasteiger partial charge is 0.225 e. The third-order valence-corrected chi connectivity index (χ3v) is 12.1. The molecule has 4 aliphatic heterocycles. The number of likely N-dealkylation sites (tertiary alicyclic amines) is 1. The lowest BCUT2D eigenvalue weighted by molar-refractivity contribution is -0.130. The van der Waals surface area contributed by atoms with Gasteiger partial charge in [0.25, 0.3) is 0 Å². The van der Waals surface area contributed by atoms with Crippen LogP contribution in [0.2, 0.25) is 0 Å². The van der Waals surface area contributed by atoms with Gasteiger partial charge in [-0.25, -0.2) is 14.4 Å². The van der Waals surface area contributed by atoms with Crippen LogP contribution in [0, 0.1) is 16.6 Å². The molecule has 6 heterocycles. The van der Waals surface area contributed by atoms with E-state index in [2.05, 4.69) is 55.7 Å². The summed E-state index contributed by atoms with van der Waals surface area (Å²) in [5, 5.41) is 3.18. The molecule has 4 fully saturated rings. The topological polar surface area (TPSA) is 112 Å². The van der Waals surface area contributed by atoms with E-state index in [-0.39, 0.29) is 40.7 Å². The van der Waals surface area contributed by atoms with Gasteiger partial charge in [0.05, 0.1) is 18.8 Å². The number of anilines is 1. The highest BCUT2D eigenvalue weighted by Gasteiger charge is 2.56. The van der Waals surface area contributed by atoms with Gasteiger partial charge in [-0.3, -0.25) is 24.5 Å². The predicted octanol–water partition coefficient (Wildman–Crippen LogP) is 5.36. The molecule has 13 heteroatoms. The highest BCUT2D eigenvalue weighted by molar-refractivity contribution is 5.81. The normalized spacial score (nSPS) is 22.6. The number of carbonyl (C=O) groups excluding carboxylic acids is 1. The maximum absolute atomic E-state index is 14.6. The molecule has 0 radical (unpaired) electrons. The van der Waals surface area contributed by atoms with Crippen molar-refractivity contribution in [2.24, 2.45) is 10.8 Å². The summed E-state index contributed by atoms with van der Waals surface area (Å²) in [6, 6.07) is 7.16. The van der Waals surface area contributed by atoms with E-state index in [0.717, 1.165) is 102 Å². The van der Waals surface area contributed by atoms with Gasteiger partial charge in [0.15, 0.2) is 17.3 Å². The van der Waals surface area contributed by atoms with Crippen LogP contribution in [0.1, 0.15) is 77.6 Å². The minimum Gasteiger partial charge on any atom is -0.490 e. The molecule has 5 aliphatic rings. The molecule has 2 aromatic heterocycles. The number of amides is 1. The molecule has 1 unspecified atom stereocenters. The Morgan fingerprint density at radius 1 is 1.09 bits per heavy atom. The Bertz CT molecular complexity index is 1860. The van der Waals surface area contributed by atoms with Crippen molar-refractivity contribution in [3.8, 4) is 17.2 Å². The molecule has 12 nitrogen and oxygen atoms in total. The third-order valence-electron chi connectivity index (χ3n) is 12.1. The molecule has 55 heavy (non-hydrogen) atoms. The van der Waals surface area contributed by atoms with E-state index >= 15 is 0 Å². The van der Waals surface area contributed by atoms with Crippen molar-refractivity contribution in [2.45, 2.75) is 97.7 Å². The van der Waals surface area contributed by atoms with Gasteiger partial charge in [0.2, 0.25) is 5.91 Å². The van der Waals surface area contributed by atoms with Gasteiger partial charge >= 0.3 is 0 Å². The number of benzene rings is 1. The van der Waals surface area contributed by atoms with Crippen LogP contribution in [0.3, 0.4) is 0 Å². The van der Waals surface area contributed by atoms with Crippen molar-refractivity contribution in [3.63, 3.8) is 0 Å². The van der Waals surface area contributed by atoms with E-state index in [0.29, 0.717) is 23.7 Å². The fourth-order valence-corrected chi connectivity index (χ4v) is 9.09. The van der Waals surface area contributed by atoms with E-state index in [1.165, 1.54) is 17.7 Å². The fraction of sp³-hybridized carbons (Fsp3) is 0.619. The third kappa shape index (κ3) is 7.77. The van der Waals surface area contributed by atoms with Crippen molar-refractivity contribution in [3.05, 3.63) is 65.6 Å². The van der Waals surface area contributed by atoms with E-state index in [1.54, 1.807) is 18.6 Å². The van der Waals surface area contributed by atoms with Gasteiger partial charge in [0, 0.05) is 85.6 Å². The summed E-state index contributed by atoms with van der Waals surface area (Å²) in [5.41, 5.74) is 2.20. The summed E-state index contributed by atoms with van der Waals surface area (Å²) in [5.74, 6) is 2.62. The predicted molar refractivity (Wildman–Crippen MR) is 208 cm³/mol. The van der Waals surface area contributed by atoms with E-state index in [9.17, 15) is 9.18 Å². The second-order valence-corrected chi connectivity index (χ2v) is 17.7. The Balaban J connectivity index is 0.832. The Morgan fingerprint density at radius 2 is 1.85 bits per heavy atom. The zero-order valence-corrected chi connectivity index (χ0v) is 33.3. The minimum atomic E-state index is -0.712. The number of ether oxygens (including phenoxy) is 3. The highest BCUT2D eigenvalue weighted by atomic mass is 19.1. The van der Waals surface area contributed by atoms with E-state index < -0.39 is 5.72 Å². The fourth-order valence-electron chi connectivity index (χ4n) is 9.09. The number of nitrogens with one attached hydrogen (secondary N) is 1. The summed E-state index contributed by atoms with van der Waals surface area (Å²) < 4.78 is 33.9. The zero-order chi connectivity index (χ0) is 38.5. The van der Waals surface area contributed by atoms with Crippen molar-refractivity contribution >= 4 is 11.7 Å². The number of epoxide rings is 1. The number of halogens is 1. The first-order valence-corrected chi connectivity index (χ1v) is 20.2. The number of carbonyl (C=O) groups is 1. The van der Waals surface area contributed by atoms with Gasteiger partial charge < -0.3 is 24.4 Å². The monoisotopic (exact) mass is 756 g/mol. The average Bonchev–Trinajstić information content (AvgIpc) is 3.89. The largest absolute Gasteiger partial charge is 0.490 e. The summed E-state index contributed by atoms with van der Waals surface area (Å²) >= 11 is 0. The Labute approximate surface area is 324 Å². The molecular formula is C42H57FN8O4. The summed E-state index contributed by atoms with van der Waals surface area (Å²) in [6.45, 7) is 21.0. The maximum Gasteiger partial charge on any atom is 0.225 e. The molecule has 1 spiro atoms. The van der Waals surface area contributed by atoms with E-state index in [1.807, 2.05) is 33.0 Å². The van der Waals surface area contributed by atoms with Crippen LogP contribution < -0.4 is 19.7 Å². The maximum atomic E-state index is 14.6. The quantitative estimate of drug-likeness (QED) is 0.215.